The first-order valence-corrected chi connectivity index (χ1v) is 10.4. The van der Waals surface area contributed by atoms with E-state index in [0.717, 1.165) is 35.6 Å². The van der Waals surface area contributed by atoms with Crippen molar-refractivity contribution in [3.8, 4) is 22.6 Å². The lowest BCUT2D eigenvalue weighted by Gasteiger charge is -2.24. The number of amides is 1. The smallest absolute Gasteiger partial charge is 0.410 e. The minimum Gasteiger partial charge on any atom is -0.457 e. The lowest BCUT2D eigenvalue weighted by molar-refractivity contribution is 0.0289. The highest BCUT2D eigenvalue weighted by Gasteiger charge is 2.30. The van der Waals surface area contributed by atoms with Gasteiger partial charge in [0, 0.05) is 25.5 Å². The minimum atomic E-state index is -0.466. The number of hydrogen-bond acceptors (Lipinski definition) is 3. The maximum atomic E-state index is 12.3. The number of nitrogens with zero attached hydrogens (tertiary/aromatic N) is 2. The zero-order valence-corrected chi connectivity index (χ0v) is 17.7. The van der Waals surface area contributed by atoms with Crippen LogP contribution in [0.4, 0.5) is 4.79 Å². The molecule has 5 heteroatoms. The number of hydrogen-bond donors (Lipinski definition) is 0. The molecule has 30 heavy (non-hydrogen) atoms. The average molecular weight is 405 g/mol. The van der Waals surface area contributed by atoms with Crippen molar-refractivity contribution in [3.63, 3.8) is 0 Å². The molecule has 1 aliphatic rings. The molecule has 2 aromatic carbocycles. The van der Waals surface area contributed by atoms with Crippen LogP contribution in [0.3, 0.4) is 0 Å². The molecule has 2 heterocycles. The molecule has 1 amide bonds. The molecule has 1 atom stereocenters. The van der Waals surface area contributed by atoms with Gasteiger partial charge in [0.2, 0.25) is 0 Å². The topological polar surface area (TPSA) is 43.7 Å². The van der Waals surface area contributed by atoms with Crippen LogP contribution in [0.5, 0.6) is 11.5 Å². The monoisotopic (exact) mass is 404 g/mol. The summed E-state index contributed by atoms with van der Waals surface area (Å²) in [5.41, 5.74) is 1.82. The highest BCUT2D eigenvalue weighted by atomic mass is 16.6. The second-order valence-corrected chi connectivity index (χ2v) is 8.66. The van der Waals surface area contributed by atoms with Crippen LogP contribution in [0.1, 0.15) is 33.2 Å². The van der Waals surface area contributed by atoms with Crippen molar-refractivity contribution in [1.82, 2.24) is 9.47 Å². The highest BCUT2D eigenvalue weighted by Crippen LogP contribution is 2.29. The summed E-state index contributed by atoms with van der Waals surface area (Å²) in [5.74, 6) is 1.64. The van der Waals surface area contributed by atoms with Crippen molar-refractivity contribution in [3.05, 3.63) is 73.1 Å². The largest absolute Gasteiger partial charge is 0.457 e. The van der Waals surface area contributed by atoms with Gasteiger partial charge in [-0.05, 0) is 68.7 Å². The molecule has 1 aromatic heterocycles. The van der Waals surface area contributed by atoms with Gasteiger partial charge >= 0.3 is 6.09 Å². The number of benzene rings is 2. The summed E-state index contributed by atoms with van der Waals surface area (Å²) in [6.07, 6.45) is 4.94. The number of carbonyl (C=O) groups excluding carboxylic acids is 1. The molecule has 156 valence electrons. The fourth-order valence-corrected chi connectivity index (χ4v) is 3.63. The van der Waals surface area contributed by atoms with E-state index in [4.69, 9.17) is 9.47 Å². The summed E-state index contributed by atoms with van der Waals surface area (Å²) < 4.78 is 13.6. The standard InChI is InChI=1S/C25H28N2O3/c1-25(2,3)30-24(28)27-16-14-21(18-27)26-15-13-20(17-26)19-9-11-23(12-10-19)29-22-7-5-4-6-8-22/h4-13,15,17,21H,14,16,18H2,1-3H3. The van der Waals surface area contributed by atoms with E-state index < -0.39 is 5.60 Å². The van der Waals surface area contributed by atoms with E-state index in [0.29, 0.717) is 6.54 Å². The molecule has 1 aliphatic heterocycles. The Morgan fingerprint density at radius 1 is 0.933 bits per heavy atom. The highest BCUT2D eigenvalue weighted by molar-refractivity contribution is 5.68. The summed E-state index contributed by atoms with van der Waals surface area (Å²) in [6, 6.07) is 20.3. The Morgan fingerprint density at radius 3 is 2.33 bits per heavy atom. The molecule has 0 N–H and O–H groups in total. The predicted molar refractivity (Wildman–Crippen MR) is 118 cm³/mol. The van der Waals surface area contributed by atoms with Gasteiger partial charge in [-0.2, -0.15) is 0 Å². The first-order valence-electron chi connectivity index (χ1n) is 10.4. The van der Waals surface area contributed by atoms with E-state index in [1.807, 2.05) is 63.2 Å². The van der Waals surface area contributed by atoms with Gasteiger partial charge in [0.25, 0.3) is 0 Å². The second-order valence-electron chi connectivity index (χ2n) is 8.66. The Morgan fingerprint density at radius 2 is 1.63 bits per heavy atom. The third kappa shape index (κ3) is 4.85. The third-order valence-corrected chi connectivity index (χ3v) is 5.12. The molecule has 5 nitrogen and oxygen atoms in total. The van der Waals surface area contributed by atoms with Crippen LogP contribution in [0.15, 0.2) is 73.1 Å². The first-order chi connectivity index (χ1) is 14.4. The summed E-state index contributed by atoms with van der Waals surface area (Å²) in [5, 5.41) is 0. The van der Waals surface area contributed by atoms with Gasteiger partial charge in [-0.15, -0.1) is 0 Å². The van der Waals surface area contributed by atoms with Crippen molar-refractivity contribution in [2.24, 2.45) is 0 Å². The molecule has 3 aromatic rings. The Hall–Kier alpha value is -3.21. The van der Waals surface area contributed by atoms with Crippen LogP contribution in [0, 0.1) is 0 Å². The Bertz CT molecular complexity index is 987. The third-order valence-electron chi connectivity index (χ3n) is 5.12. The number of rotatable bonds is 4. The van der Waals surface area contributed by atoms with E-state index in [2.05, 4.69) is 35.2 Å². The first kappa shape index (κ1) is 20.1. The van der Waals surface area contributed by atoms with Crippen LogP contribution in [0.25, 0.3) is 11.1 Å². The van der Waals surface area contributed by atoms with Crippen LogP contribution in [-0.4, -0.2) is 34.3 Å². The Kier molecular flexibility index (Phi) is 5.53. The Labute approximate surface area is 177 Å². The van der Waals surface area contributed by atoms with Crippen LogP contribution < -0.4 is 4.74 Å². The lowest BCUT2D eigenvalue weighted by atomic mass is 10.1. The number of carbonyl (C=O) groups is 1. The van der Waals surface area contributed by atoms with Crippen LogP contribution in [0.2, 0.25) is 0 Å². The van der Waals surface area contributed by atoms with Gasteiger partial charge in [-0.1, -0.05) is 30.3 Å². The minimum absolute atomic E-state index is 0.230. The number of para-hydroxylation sites is 1. The quantitative estimate of drug-likeness (QED) is 0.525. The lowest BCUT2D eigenvalue weighted by Crippen LogP contribution is -2.35. The van der Waals surface area contributed by atoms with E-state index in [9.17, 15) is 4.79 Å². The fourth-order valence-electron chi connectivity index (χ4n) is 3.63. The maximum absolute atomic E-state index is 12.3. The molecular weight excluding hydrogens is 376 g/mol. The summed E-state index contributed by atoms with van der Waals surface area (Å²) in [6.45, 7) is 7.08. The van der Waals surface area contributed by atoms with Crippen molar-refractivity contribution < 1.29 is 14.3 Å². The molecule has 0 radical (unpaired) electrons. The van der Waals surface area contributed by atoms with Gasteiger partial charge in [0.15, 0.2) is 0 Å². The van der Waals surface area contributed by atoms with E-state index in [-0.39, 0.29) is 12.1 Å². The molecule has 0 saturated carbocycles. The van der Waals surface area contributed by atoms with Crippen molar-refractivity contribution >= 4 is 6.09 Å². The van der Waals surface area contributed by atoms with Crippen molar-refractivity contribution in [2.75, 3.05) is 13.1 Å². The molecule has 1 fully saturated rings. The van der Waals surface area contributed by atoms with Gasteiger partial charge < -0.3 is 18.9 Å². The summed E-state index contributed by atoms with van der Waals surface area (Å²) >= 11 is 0. The Balaban J connectivity index is 1.39. The molecule has 4 rings (SSSR count). The van der Waals surface area contributed by atoms with Gasteiger partial charge in [0.05, 0.1) is 6.04 Å². The SMILES string of the molecule is CC(C)(C)OC(=O)N1CCC(n2ccc(-c3ccc(Oc4ccccc4)cc3)c2)C1. The molecule has 1 unspecified atom stereocenters. The molecule has 0 aliphatic carbocycles. The predicted octanol–water partition coefficient (Wildman–Crippen LogP) is 6.13. The molecule has 0 bridgehead atoms. The van der Waals surface area contributed by atoms with Crippen LogP contribution in [-0.2, 0) is 4.74 Å². The zero-order chi connectivity index (χ0) is 21.1. The van der Waals surface area contributed by atoms with Gasteiger partial charge in [0.1, 0.15) is 17.1 Å². The fraction of sp³-hybridized carbons (Fsp3) is 0.320. The van der Waals surface area contributed by atoms with Crippen LogP contribution >= 0.6 is 0 Å². The normalized spacial score (nSPS) is 16.5. The van der Waals surface area contributed by atoms with E-state index >= 15 is 0 Å². The molecular formula is C25H28N2O3. The second kappa shape index (κ2) is 8.27. The number of aromatic nitrogens is 1. The van der Waals surface area contributed by atoms with Crippen molar-refractivity contribution in [1.29, 1.82) is 0 Å². The van der Waals surface area contributed by atoms with Gasteiger partial charge in [-0.3, -0.25) is 0 Å². The van der Waals surface area contributed by atoms with E-state index in [1.54, 1.807) is 4.90 Å². The van der Waals surface area contributed by atoms with E-state index in [1.165, 1.54) is 0 Å². The maximum Gasteiger partial charge on any atom is 0.410 e. The summed E-state index contributed by atoms with van der Waals surface area (Å²) in [4.78, 5) is 14.1. The number of ether oxygens (including phenoxy) is 2. The molecule has 0 spiro atoms. The van der Waals surface area contributed by atoms with Gasteiger partial charge in [-0.25, -0.2) is 4.79 Å². The number of likely N-dealkylation sites (tertiary alicyclic amines) is 1. The molecule has 1 saturated heterocycles. The zero-order valence-electron chi connectivity index (χ0n) is 17.7. The average Bonchev–Trinajstić information content (AvgIpc) is 3.38. The summed E-state index contributed by atoms with van der Waals surface area (Å²) in [7, 11) is 0. The van der Waals surface area contributed by atoms with Crippen molar-refractivity contribution in [2.45, 2.75) is 38.8 Å².